The summed E-state index contributed by atoms with van der Waals surface area (Å²) in [6.07, 6.45) is 5.43. The summed E-state index contributed by atoms with van der Waals surface area (Å²) in [4.78, 5) is 41.4. The summed E-state index contributed by atoms with van der Waals surface area (Å²) in [5, 5.41) is 0. The molecule has 0 saturated heterocycles. The van der Waals surface area contributed by atoms with Crippen LogP contribution in [0.1, 0.15) is 45.6 Å². The largest absolute Gasteiger partial charge is 0.383 e. The summed E-state index contributed by atoms with van der Waals surface area (Å²) in [6, 6.07) is 9.43. The lowest BCUT2D eigenvalue weighted by Gasteiger charge is -2.24. The van der Waals surface area contributed by atoms with Gasteiger partial charge in [0.05, 0.1) is 0 Å². The Bertz CT molecular complexity index is 958. The van der Waals surface area contributed by atoms with Crippen LogP contribution in [0, 0.1) is 5.92 Å². The molecule has 0 aliphatic heterocycles. The van der Waals surface area contributed by atoms with Gasteiger partial charge < -0.3 is 10.6 Å². The minimum Gasteiger partial charge on any atom is -0.383 e. The van der Waals surface area contributed by atoms with Crippen LogP contribution in [0.3, 0.4) is 0 Å². The normalized spacial score (nSPS) is 11.3. The number of hydrogen-bond acceptors (Lipinski definition) is 4. The molecule has 2 rings (SSSR count). The molecule has 7 heteroatoms. The molecule has 2 aromatic rings. The van der Waals surface area contributed by atoms with E-state index < -0.39 is 11.2 Å². The van der Waals surface area contributed by atoms with Crippen molar-refractivity contribution in [2.24, 2.45) is 5.92 Å². The molecule has 0 fully saturated rings. The van der Waals surface area contributed by atoms with Crippen molar-refractivity contribution in [2.75, 3.05) is 17.2 Å². The average Bonchev–Trinajstić information content (AvgIpc) is 2.69. The fourth-order valence-corrected chi connectivity index (χ4v) is 2.92. The number of nitrogens with one attached hydrogen (secondary N) is 1. The highest BCUT2D eigenvalue weighted by Crippen LogP contribution is 2.19. The Hall–Kier alpha value is -3.09. The van der Waals surface area contributed by atoms with Crippen LogP contribution in [0.2, 0.25) is 0 Å². The maximum atomic E-state index is 13.0. The number of aromatic nitrogens is 2. The van der Waals surface area contributed by atoms with Crippen LogP contribution in [0.5, 0.6) is 0 Å². The molecular weight excluding hydrogens is 368 g/mol. The summed E-state index contributed by atoms with van der Waals surface area (Å²) in [5.41, 5.74) is 5.91. The first-order valence-electron chi connectivity index (χ1n) is 10.0. The zero-order valence-electron chi connectivity index (χ0n) is 17.4. The van der Waals surface area contributed by atoms with Crippen molar-refractivity contribution < 1.29 is 4.79 Å². The Kier molecular flexibility index (Phi) is 8.00. The van der Waals surface area contributed by atoms with Crippen molar-refractivity contribution in [2.45, 2.75) is 46.6 Å². The van der Waals surface area contributed by atoms with E-state index in [0.717, 1.165) is 18.4 Å². The lowest BCUT2D eigenvalue weighted by atomic mass is 10.1. The maximum Gasteiger partial charge on any atom is 0.330 e. The number of hydrogen-bond donors (Lipinski definition) is 2. The average molecular weight is 399 g/mol. The zero-order chi connectivity index (χ0) is 21.4. The predicted octanol–water partition coefficient (Wildman–Crippen LogP) is 3.01. The number of amides is 1. The number of nitrogen functional groups attached to an aromatic ring is 1. The van der Waals surface area contributed by atoms with Crippen molar-refractivity contribution in [3.63, 3.8) is 0 Å². The molecule has 0 saturated carbocycles. The highest BCUT2D eigenvalue weighted by molar-refractivity contribution is 6.05. The number of aromatic amines is 1. The number of nitrogens with two attached hydrogens (primary N) is 1. The van der Waals surface area contributed by atoms with Gasteiger partial charge in [-0.25, -0.2) is 4.79 Å². The van der Waals surface area contributed by atoms with Crippen LogP contribution in [-0.4, -0.2) is 22.0 Å². The smallest absolute Gasteiger partial charge is 0.330 e. The second kappa shape index (κ2) is 10.5. The summed E-state index contributed by atoms with van der Waals surface area (Å²) in [6.45, 7) is 6.79. The predicted molar refractivity (Wildman–Crippen MR) is 118 cm³/mol. The summed E-state index contributed by atoms with van der Waals surface area (Å²) in [7, 11) is 0. The minimum absolute atomic E-state index is 0.0254. The van der Waals surface area contributed by atoms with Crippen LogP contribution in [0.4, 0.5) is 11.5 Å². The van der Waals surface area contributed by atoms with Crippen LogP contribution < -0.4 is 21.9 Å². The first kappa shape index (κ1) is 22.2. The van der Waals surface area contributed by atoms with Gasteiger partial charge in [0.1, 0.15) is 5.82 Å². The van der Waals surface area contributed by atoms with Crippen molar-refractivity contribution in [3.8, 4) is 0 Å². The van der Waals surface area contributed by atoms with E-state index in [1.54, 1.807) is 6.08 Å². The molecule has 7 nitrogen and oxygen atoms in total. The van der Waals surface area contributed by atoms with Crippen LogP contribution in [-0.2, 0) is 11.3 Å². The molecule has 0 aliphatic rings. The topological polar surface area (TPSA) is 101 Å². The van der Waals surface area contributed by atoms with Gasteiger partial charge >= 0.3 is 5.69 Å². The Labute approximate surface area is 170 Å². The van der Waals surface area contributed by atoms with Crippen molar-refractivity contribution in [1.29, 1.82) is 0 Å². The molecule has 0 aliphatic carbocycles. The summed E-state index contributed by atoms with van der Waals surface area (Å²) < 4.78 is 1.33. The molecule has 0 atom stereocenters. The molecule has 1 amide bonds. The van der Waals surface area contributed by atoms with Gasteiger partial charge in [-0.05, 0) is 30.4 Å². The number of rotatable bonds is 9. The van der Waals surface area contributed by atoms with E-state index in [4.69, 9.17) is 5.73 Å². The monoisotopic (exact) mass is 398 g/mol. The Morgan fingerprint density at radius 2 is 1.93 bits per heavy atom. The zero-order valence-corrected chi connectivity index (χ0v) is 17.4. The van der Waals surface area contributed by atoms with Gasteiger partial charge in [0, 0.05) is 19.2 Å². The Morgan fingerprint density at radius 3 is 2.55 bits per heavy atom. The molecule has 3 N–H and O–H groups in total. The molecule has 29 heavy (non-hydrogen) atoms. The highest BCUT2D eigenvalue weighted by atomic mass is 16.2. The number of nitrogens with zero attached hydrogens (tertiary/aromatic N) is 2. The fourth-order valence-electron chi connectivity index (χ4n) is 2.92. The van der Waals surface area contributed by atoms with E-state index in [1.807, 2.05) is 51.1 Å². The van der Waals surface area contributed by atoms with Crippen molar-refractivity contribution >= 4 is 23.5 Å². The quantitative estimate of drug-likeness (QED) is 0.634. The van der Waals surface area contributed by atoms with Gasteiger partial charge in [-0.2, -0.15) is 0 Å². The van der Waals surface area contributed by atoms with E-state index in [-0.39, 0.29) is 17.4 Å². The number of anilines is 2. The third-order valence-electron chi connectivity index (χ3n) is 4.63. The lowest BCUT2D eigenvalue weighted by molar-refractivity contribution is -0.114. The second-order valence-corrected chi connectivity index (χ2v) is 7.41. The van der Waals surface area contributed by atoms with Crippen LogP contribution >= 0.6 is 0 Å². The van der Waals surface area contributed by atoms with E-state index in [2.05, 4.69) is 4.98 Å². The summed E-state index contributed by atoms with van der Waals surface area (Å²) >= 11 is 0. The van der Waals surface area contributed by atoms with E-state index >= 15 is 0 Å². The first-order valence-corrected chi connectivity index (χ1v) is 10.0. The number of carbonyl (C=O) groups excluding carboxylic acids is 1. The molecule has 1 aromatic heterocycles. The fraction of sp³-hybridized carbons (Fsp3) is 0.409. The molecule has 156 valence electrons. The van der Waals surface area contributed by atoms with Crippen LogP contribution in [0.25, 0.3) is 6.08 Å². The number of unbranched alkanes of at least 4 members (excludes halogenated alkanes) is 1. The van der Waals surface area contributed by atoms with Crippen LogP contribution in [0.15, 0.2) is 46.0 Å². The molecule has 1 heterocycles. The van der Waals surface area contributed by atoms with E-state index in [1.165, 1.54) is 15.5 Å². The SMILES string of the molecule is CCCCn1c(N)c(N(CCC(C)C)C(=O)/C=C/c2ccccc2)c(=O)[nH]c1=O. The Balaban J connectivity index is 2.46. The molecule has 0 bridgehead atoms. The third kappa shape index (κ3) is 5.94. The van der Waals surface area contributed by atoms with Crippen molar-refractivity contribution in [3.05, 3.63) is 62.8 Å². The second-order valence-electron chi connectivity index (χ2n) is 7.41. The highest BCUT2D eigenvalue weighted by Gasteiger charge is 2.23. The lowest BCUT2D eigenvalue weighted by Crippen LogP contribution is -2.41. The molecule has 0 spiro atoms. The Morgan fingerprint density at radius 1 is 1.24 bits per heavy atom. The number of H-pyrrole nitrogens is 1. The van der Waals surface area contributed by atoms with Gasteiger partial charge in [-0.1, -0.05) is 57.5 Å². The molecule has 1 aromatic carbocycles. The number of carbonyl (C=O) groups is 1. The molecule has 0 unspecified atom stereocenters. The molecular formula is C22H30N4O3. The van der Waals surface area contributed by atoms with Gasteiger partial charge in [0.15, 0.2) is 5.69 Å². The molecule has 0 radical (unpaired) electrons. The third-order valence-corrected chi connectivity index (χ3v) is 4.63. The van der Waals surface area contributed by atoms with E-state index in [9.17, 15) is 14.4 Å². The van der Waals surface area contributed by atoms with Gasteiger partial charge in [-0.15, -0.1) is 0 Å². The van der Waals surface area contributed by atoms with Gasteiger partial charge in [0.25, 0.3) is 11.5 Å². The number of benzene rings is 1. The van der Waals surface area contributed by atoms with Crippen molar-refractivity contribution in [1.82, 2.24) is 9.55 Å². The summed E-state index contributed by atoms with van der Waals surface area (Å²) in [5.74, 6) is -0.000448. The van der Waals surface area contributed by atoms with E-state index in [0.29, 0.717) is 25.4 Å². The standard InChI is InChI=1S/C22H30N4O3/c1-4-5-14-26-20(23)19(21(28)24-22(26)29)25(15-13-16(2)3)18(27)12-11-17-9-7-6-8-10-17/h6-12,16H,4-5,13-15,23H2,1-3H3,(H,24,28,29)/b12-11+. The van der Waals surface area contributed by atoms with Gasteiger partial charge in [-0.3, -0.25) is 19.1 Å². The van der Waals surface area contributed by atoms with Gasteiger partial charge in [0.2, 0.25) is 0 Å². The maximum absolute atomic E-state index is 13.0. The first-order chi connectivity index (χ1) is 13.8. The minimum atomic E-state index is -0.648.